The number of primary amides is 1. The average Bonchev–Trinajstić information content (AvgIpc) is 2.58. The Labute approximate surface area is 102 Å². The second kappa shape index (κ2) is 5.31. The van der Waals surface area contributed by atoms with Gasteiger partial charge in [-0.1, -0.05) is 0 Å². The second-order valence-corrected chi connectivity index (χ2v) is 4.94. The number of nitrogens with zero attached hydrogens (tertiary/aromatic N) is 2. The third kappa shape index (κ3) is 3.56. The molecule has 5 nitrogen and oxygen atoms in total. The van der Waals surface area contributed by atoms with Gasteiger partial charge >= 0.3 is 0 Å². The molecule has 1 heterocycles. The van der Waals surface area contributed by atoms with Gasteiger partial charge in [-0.25, -0.2) is 0 Å². The summed E-state index contributed by atoms with van der Waals surface area (Å²) in [5.74, 6) is -0.287. The number of carbonyl (C=O) groups is 1. The Hall–Kier alpha value is -1.36. The minimum Gasteiger partial charge on any atom is -0.369 e. The zero-order valence-electron chi connectivity index (χ0n) is 11.1. The van der Waals surface area contributed by atoms with Crippen molar-refractivity contribution in [2.75, 3.05) is 6.54 Å². The highest BCUT2D eigenvalue weighted by atomic mass is 16.1. The lowest BCUT2D eigenvalue weighted by molar-refractivity contribution is -0.125. The van der Waals surface area contributed by atoms with Gasteiger partial charge in [-0.2, -0.15) is 5.10 Å². The van der Waals surface area contributed by atoms with E-state index in [-0.39, 0.29) is 5.91 Å². The molecule has 96 valence electrons. The molecule has 0 unspecified atom stereocenters. The topological polar surface area (TPSA) is 72.9 Å². The number of nitrogens with one attached hydrogen (secondary N) is 1. The van der Waals surface area contributed by atoms with Crippen molar-refractivity contribution in [3.8, 4) is 0 Å². The summed E-state index contributed by atoms with van der Waals surface area (Å²) >= 11 is 0. The van der Waals surface area contributed by atoms with Crippen LogP contribution >= 0.6 is 0 Å². The van der Waals surface area contributed by atoms with Crippen LogP contribution in [0.15, 0.2) is 6.07 Å². The number of hydrogen-bond donors (Lipinski definition) is 2. The fourth-order valence-electron chi connectivity index (χ4n) is 1.61. The van der Waals surface area contributed by atoms with Crippen molar-refractivity contribution in [1.29, 1.82) is 0 Å². The summed E-state index contributed by atoms with van der Waals surface area (Å²) in [7, 11) is 0. The maximum absolute atomic E-state index is 11.2. The lowest BCUT2D eigenvalue weighted by Gasteiger charge is -2.20. The van der Waals surface area contributed by atoms with E-state index in [1.165, 1.54) is 0 Å². The molecule has 1 aromatic rings. The smallest absolute Gasteiger partial charge is 0.224 e. The Morgan fingerprint density at radius 2 is 2.24 bits per heavy atom. The average molecular weight is 238 g/mol. The Bertz CT molecular complexity index is 395. The number of carbonyl (C=O) groups excluding carboxylic acids is 1. The molecule has 0 aliphatic heterocycles. The number of nitrogens with two attached hydrogens (primary N) is 1. The molecule has 0 atom stereocenters. The Morgan fingerprint density at radius 1 is 1.59 bits per heavy atom. The highest BCUT2D eigenvalue weighted by Gasteiger charge is 2.24. The summed E-state index contributed by atoms with van der Waals surface area (Å²) in [4.78, 5) is 11.2. The van der Waals surface area contributed by atoms with E-state index in [9.17, 15) is 4.79 Å². The van der Waals surface area contributed by atoms with Crippen LogP contribution in [-0.4, -0.2) is 22.2 Å². The molecule has 0 saturated heterocycles. The number of aromatic nitrogens is 2. The van der Waals surface area contributed by atoms with Crippen molar-refractivity contribution in [3.05, 3.63) is 17.5 Å². The van der Waals surface area contributed by atoms with E-state index in [2.05, 4.69) is 17.3 Å². The molecule has 17 heavy (non-hydrogen) atoms. The molecule has 0 aliphatic carbocycles. The SMILES string of the molecule is CCn1nc(C)cc1CNCC(C)(C)C(N)=O. The molecule has 0 aliphatic rings. The predicted molar refractivity (Wildman–Crippen MR) is 67.3 cm³/mol. The maximum Gasteiger partial charge on any atom is 0.224 e. The molecule has 0 radical (unpaired) electrons. The van der Waals surface area contributed by atoms with Crippen LogP contribution in [0, 0.1) is 12.3 Å². The quantitative estimate of drug-likeness (QED) is 0.770. The lowest BCUT2D eigenvalue weighted by Crippen LogP contribution is -2.40. The van der Waals surface area contributed by atoms with Crippen LogP contribution in [0.2, 0.25) is 0 Å². The number of amides is 1. The maximum atomic E-state index is 11.2. The van der Waals surface area contributed by atoms with E-state index in [1.54, 1.807) is 0 Å². The number of rotatable bonds is 6. The molecule has 0 aromatic carbocycles. The van der Waals surface area contributed by atoms with Crippen LogP contribution in [0.25, 0.3) is 0 Å². The molecule has 0 spiro atoms. The van der Waals surface area contributed by atoms with Gasteiger partial charge in [0.25, 0.3) is 0 Å². The molecule has 0 bridgehead atoms. The summed E-state index contributed by atoms with van der Waals surface area (Å²) in [6.45, 7) is 9.83. The minimum atomic E-state index is -0.522. The molecular weight excluding hydrogens is 216 g/mol. The summed E-state index contributed by atoms with van der Waals surface area (Å²) in [6.07, 6.45) is 0. The van der Waals surface area contributed by atoms with E-state index in [4.69, 9.17) is 5.73 Å². The van der Waals surface area contributed by atoms with Gasteiger partial charge in [-0.3, -0.25) is 9.48 Å². The van der Waals surface area contributed by atoms with Gasteiger partial charge in [0.15, 0.2) is 0 Å². The Kier molecular flexibility index (Phi) is 4.28. The van der Waals surface area contributed by atoms with E-state index >= 15 is 0 Å². The van der Waals surface area contributed by atoms with Crippen molar-refractivity contribution in [2.45, 2.75) is 40.8 Å². The van der Waals surface area contributed by atoms with Gasteiger partial charge in [-0.15, -0.1) is 0 Å². The van der Waals surface area contributed by atoms with Crippen LogP contribution in [0.1, 0.15) is 32.2 Å². The van der Waals surface area contributed by atoms with Crippen LogP contribution < -0.4 is 11.1 Å². The van der Waals surface area contributed by atoms with Gasteiger partial charge in [0.1, 0.15) is 0 Å². The van der Waals surface area contributed by atoms with Crippen LogP contribution in [0.3, 0.4) is 0 Å². The van der Waals surface area contributed by atoms with Crippen molar-refractivity contribution in [2.24, 2.45) is 11.1 Å². The molecule has 0 fully saturated rings. The zero-order chi connectivity index (χ0) is 13.1. The fraction of sp³-hybridized carbons (Fsp3) is 0.667. The van der Waals surface area contributed by atoms with Gasteiger partial charge in [0.05, 0.1) is 16.8 Å². The molecule has 5 heteroatoms. The summed E-state index contributed by atoms with van der Waals surface area (Å²) in [6, 6.07) is 2.05. The molecule has 1 amide bonds. The summed E-state index contributed by atoms with van der Waals surface area (Å²) in [5, 5.41) is 7.61. The summed E-state index contributed by atoms with van der Waals surface area (Å²) < 4.78 is 1.96. The first-order valence-corrected chi connectivity index (χ1v) is 5.90. The van der Waals surface area contributed by atoms with Crippen LogP contribution in [0.5, 0.6) is 0 Å². The van der Waals surface area contributed by atoms with Crippen molar-refractivity contribution >= 4 is 5.91 Å². The Morgan fingerprint density at radius 3 is 2.76 bits per heavy atom. The predicted octanol–water partition coefficient (Wildman–Crippen LogP) is 0.813. The molecule has 0 saturated carbocycles. The van der Waals surface area contributed by atoms with E-state index < -0.39 is 5.41 Å². The monoisotopic (exact) mass is 238 g/mol. The highest BCUT2D eigenvalue weighted by Crippen LogP contribution is 2.12. The Balaban J connectivity index is 2.54. The van der Waals surface area contributed by atoms with Crippen LogP contribution in [0.4, 0.5) is 0 Å². The van der Waals surface area contributed by atoms with E-state index in [1.807, 2.05) is 31.5 Å². The standard InChI is InChI=1S/C12H22N4O/c1-5-16-10(6-9(2)15-16)7-14-8-12(3,4)11(13)17/h6,14H,5,7-8H2,1-4H3,(H2,13,17). The first-order chi connectivity index (χ1) is 7.86. The molecular formula is C12H22N4O. The van der Waals surface area contributed by atoms with Gasteiger partial charge in [0.2, 0.25) is 5.91 Å². The molecule has 1 rings (SSSR count). The van der Waals surface area contributed by atoms with E-state index in [0.29, 0.717) is 13.1 Å². The largest absolute Gasteiger partial charge is 0.369 e. The minimum absolute atomic E-state index is 0.287. The normalized spacial score (nSPS) is 11.8. The third-order valence-corrected chi connectivity index (χ3v) is 2.83. The van der Waals surface area contributed by atoms with Gasteiger partial charge < -0.3 is 11.1 Å². The zero-order valence-corrected chi connectivity index (χ0v) is 11.1. The second-order valence-electron chi connectivity index (χ2n) is 4.94. The van der Waals surface area contributed by atoms with E-state index in [0.717, 1.165) is 17.9 Å². The first-order valence-electron chi connectivity index (χ1n) is 5.90. The van der Waals surface area contributed by atoms with Gasteiger partial charge in [-0.05, 0) is 33.8 Å². The van der Waals surface area contributed by atoms with Crippen molar-refractivity contribution in [1.82, 2.24) is 15.1 Å². The fourth-order valence-corrected chi connectivity index (χ4v) is 1.61. The van der Waals surface area contributed by atoms with Crippen molar-refractivity contribution in [3.63, 3.8) is 0 Å². The molecule has 1 aromatic heterocycles. The third-order valence-electron chi connectivity index (χ3n) is 2.83. The first kappa shape index (κ1) is 13.7. The van der Waals surface area contributed by atoms with Gasteiger partial charge in [0, 0.05) is 19.6 Å². The van der Waals surface area contributed by atoms with Crippen LogP contribution in [-0.2, 0) is 17.9 Å². The molecule has 3 N–H and O–H groups in total. The number of aryl methyl sites for hydroxylation is 2. The lowest BCUT2D eigenvalue weighted by atomic mass is 9.93. The highest BCUT2D eigenvalue weighted by molar-refractivity contribution is 5.80. The summed E-state index contributed by atoms with van der Waals surface area (Å²) in [5.41, 5.74) is 6.93. The van der Waals surface area contributed by atoms with Crippen molar-refractivity contribution < 1.29 is 4.79 Å². The number of hydrogen-bond acceptors (Lipinski definition) is 3.